The SMILES string of the molecule is CCN(CCCCCC(=O)c1cc2c3c(c1)CCN3C(=O)CC2)CCc1ccccc1OC. The maximum absolute atomic E-state index is 12.8. The Balaban J connectivity index is 1.21. The van der Waals surface area contributed by atoms with E-state index in [2.05, 4.69) is 24.0 Å². The molecule has 0 atom stereocenters. The van der Waals surface area contributed by atoms with Gasteiger partial charge >= 0.3 is 0 Å². The third kappa shape index (κ3) is 5.47. The standard InChI is InChI=1S/C28H36N2O3/c1-3-29(17-14-21-9-6-7-11-26(21)33-2)16-8-4-5-10-25(31)24-19-22-12-13-27(32)30-18-15-23(20-24)28(22)30/h6-7,9,11,19-20H,3-5,8,10,12-18H2,1-2H3. The van der Waals surface area contributed by atoms with Gasteiger partial charge in [0.2, 0.25) is 5.91 Å². The summed E-state index contributed by atoms with van der Waals surface area (Å²) in [7, 11) is 1.73. The molecule has 33 heavy (non-hydrogen) atoms. The summed E-state index contributed by atoms with van der Waals surface area (Å²) in [5, 5.41) is 0. The molecule has 0 saturated heterocycles. The number of anilines is 1. The molecular formula is C28H36N2O3. The summed E-state index contributed by atoms with van der Waals surface area (Å²) in [4.78, 5) is 29.3. The van der Waals surface area contributed by atoms with Gasteiger partial charge in [-0.3, -0.25) is 9.59 Å². The number of ketones is 1. The van der Waals surface area contributed by atoms with Gasteiger partial charge in [0.05, 0.1) is 12.8 Å². The molecule has 2 aliphatic rings. The highest BCUT2D eigenvalue weighted by Crippen LogP contribution is 2.37. The van der Waals surface area contributed by atoms with Crippen molar-refractivity contribution in [3.05, 3.63) is 58.7 Å². The summed E-state index contributed by atoms with van der Waals surface area (Å²) in [5.74, 6) is 1.43. The van der Waals surface area contributed by atoms with Crippen molar-refractivity contribution in [2.75, 3.05) is 38.2 Å². The van der Waals surface area contributed by atoms with E-state index in [0.29, 0.717) is 12.8 Å². The molecule has 2 aliphatic heterocycles. The summed E-state index contributed by atoms with van der Waals surface area (Å²) in [5.41, 5.74) is 5.55. The lowest BCUT2D eigenvalue weighted by Crippen LogP contribution is -2.32. The number of carbonyl (C=O) groups excluding carboxylic acids is 2. The molecule has 0 fully saturated rings. The summed E-state index contributed by atoms with van der Waals surface area (Å²) in [6.45, 7) is 6.09. The van der Waals surface area contributed by atoms with Crippen molar-refractivity contribution < 1.29 is 14.3 Å². The average molecular weight is 449 g/mol. The van der Waals surface area contributed by atoms with Gasteiger partial charge in [-0.2, -0.15) is 0 Å². The topological polar surface area (TPSA) is 49.9 Å². The van der Waals surface area contributed by atoms with Crippen LogP contribution >= 0.6 is 0 Å². The van der Waals surface area contributed by atoms with Crippen LogP contribution in [-0.2, 0) is 24.1 Å². The molecule has 2 aromatic rings. The molecule has 0 saturated carbocycles. The molecule has 0 bridgehead atoms. The van der Waals surface area contributed by atoms with Gasteiger partial charge in [0, 0.05) is 31.5 Å². The first-order valence-corrected chi connectivity index (χ1v) is 12.4. The molecule has 1 amide bonds. The number of unbranched alkanes of at least 4 members (excludes halogenated alkanes) is 2. The lowest BCUT2D eigenvalue weighted by atomic mass is 9.94. The van der Waals surface area contributed by atoms with Gasteiger partial charge in [-0.1, -0.05) is 31.5 Å². The number of nitrogens with zero attached hydrogens (tertiary/aromatic N) is 2. The Morgan fingerprint density at radius 1 is 1.03 bits per heavy atom. The molecule has 2 aromatic carbocycles. The number of benzene rings is 2. The maximum Gasteiger partial charge on any atom is 0.227 e. The molecule has 0 aromatic heterocycles. The van der Waals surface area contributed by atoms with Crippen molar-refractivity contribution in [3.8, 4) is 5.75 Å². The van der Waals surface area contributed by atoms with Crippen LogP contribution in [0.5, 0.6) is 5.75 Å². The Morgan fingerprint density at radius 2 is 1.82 bits per heavy atom. The summed E-state index contributed by atoms with van der Waals surface area (Å²) in [6.07, 6.45) is 6.90. The molecule has 2 heterocycles. The first kappa shape index (κ1) is 23.5. The lowest BCUT2D eigenvalue weighted by Gasteiger charge is -2.25. The molecule has 5 heteroatoms. The molecule has 0 unspecified atom stereocenters. The highest BCUT2D eigenvalue weighted by atomic mass is 16.5. The van der Waals surface area contributed by atoms with Gasteiger partial charge in [0.15, 0.2) is 5.78 Å². The van der Waals surface area contributed by atoms with E-state index in [0.717, 1.165) is 81.7 Å². The Kier molecular flexibility index (Phi) is 7.81. The van der Waals surface area contributed by atoms with E-state index in [-0.39, 0.29) is 11.7 Å². The van der Waals surface area contributed by atoms with Crippen LogP contribution in [0.15, 0.2) is 36.4 Å². The van der Waals surface area contributed by atoms with Crippen molar-refractivity contribution in [2.24, 2.45) is 0 Å². The molecule has 5 nitrogen and oxygen atoms in total. The van der Waals surface area contributed by atoms with Gasteiger partial charge in [-0.15, -0.1) is 0 Å². The Hall–Kier alpha value is -2.66. The van der Waals surface area contributed by atoms with Crippen LogP contribution in [0.25, 0.3) is 0 Å². The van der Waals surface area contributed by atoms with Crippen LogP contribution in [0, 0.1) is 0 Å². The van der Waals surface area contributed by atoms with Gasteiger partial charge in [0.25, 0.3) is 0 Å². The summed E-state index contributed by atoms with van der Waals surface area (Å²) in [6, 6.07) is 12.3. The molecule has 176 valence electrons. The number of hydrogen-bond donors (Lipinski definition) is 0. The second-order valence-electron chi connectivity index (χ2n) is 9.17. The van der Waals surface area contributed by atoms with Crippen LogP contribution in [0.2, 0.25) is 0 Å². The largest absolute Gasteiger partial charge is 0.496 e. The van der Waals surface area contributed by atoms with Gasteiger partial charge < -0.3 is 14.5 Å². The number of carbonyl (C=O) groups is 2. The molecular weight excluding hydrogens is 412 g/mol. The lowest BCUT2D eigenvalue weighted by molar-refractivity contribution is -0.118. The fourth-order valence-electron chi connectivity index (χ4n) is 5.18. The van der Waals surface area contributed by atoms with Crippen molar-refractivity contribution in [1.82, 2.24) is 4.90 Å². The first-order valence-electron chi connectivity index (χ1n) is 12.4. The van der Waals surface area contributed by atoms with E-state index in [1.807, 2.05) is 29.2 Å². The van der Waals surface area contributed by atoms with E-state index in [4.69, 9.17) is 4.74 Å². The van der Waals surface area contributed by atoms with Crippen molar-refractivity contribution in [2.45, 2.75) is 58.3 Å². The average Bonchev–Trinajstić information content (AvgIpc) is 3.28. The fourth-order valence-corrected chi connectivity index (χ4v) is 5.18. The minimum atomic E-state index is 0.226. The third-order valence-corrected chi connectivity index (χ3v) is 7.09. The van der Waals surface area contributed by atoms with Crippen LogP contribution in [0.3, 0.4) is 0 Å². The second-order valence-corrected chi connectivity index (χ2v) is 9.17. The molecule has 0 spiro atoms. The van der Waals surface area contributed by atoms with Crippen LogP contribution < -0.4 is 9.64 Å². The zero-order valence-electron chi connectivity index (χ0n) is 20.1. The van der Waals surface area contributed by atoms with E-state index in [1.165, 1.54) is 16.7 Å². The smallest absolute Gasteiger partial charge is 0.227 e. The van der Waals surface area contributed by atoms with Crippen LogP contribution in [-0.4, -0.2) is 49.9 Å². The summed E-state index contributed by atoms with van der Waals surface area (Å²) >= 11 is 0. The minimum Gasteiger partial charge on any atom is -0.496 e. The quantitative estimate of drug-likeness (QED) is 0.344. The van der Waals surface area contributed by atoms with Gasteiger partial charge in [-0.05, 0) is 80.1 Å². The first-order chi connectivity index (χ1) is 16.1. The highest BCUT2D eigenvalue weighted by Gasteiger charge is 2.31. The molecule has 0 radical (unpaired) electrons. The Labute approximate surface area is 197 Å². The predicted octanol–water partition coefficient (Wildman–Crippen LogP) is 4.84. The highest BCUT2D eigenvalue weighted by molar-refractivity contribution is 6.02. The van der Waals surface area contributed by atoms with Crippen LogP contribution in [0.1, 0.15) is 66.1 Å². The number of rotatable bonds is 12. The molecule has 4 rings (SSSR count). The normalized spacial score (nSPS) is 14.6. The number of amides is 1. The number of methoxy groups -OCH3 is 1. The van der Waals surface area contributed by atoms with Crippen molar-refractivity contribution >= 4 is 17.4 Å². The Morgan fingerprint density at radius 3 is 2.61 bits per heavy atom. The van der Waals surface area contributed by atoms with E-state index < -0.39 is 0 Å². The number of para-hydroxylation sites is 1. The number of likely N-dealkylation sites (N-methyl/N-ethyl adjacent to an activating group) is 1. The molecule has 0 aliphatic carbocycles. The number of Topliss-reactive ketones (excluding diaryl/α,β-unsaturated/α-hetero) is 1. The van der Waals surface area contributed by atoms with Gasteiger partial charge in [-0.25, -0.2) is 0 Å². The molecule has 0 N–H and O–H groups in total. The zero-order chi connectivity index (χ0) is 23.2. The third-order valence-electron chi connectivity index (χ3n) is 7.09. The van der Waals surface area contributed by atoms with E-state index in [9.17, 15) is 9.59 Å². The van der Waals surface area contributed by atoms with E-state index in [1.54, 1.807) is 7.11 Å². The van der Waals surface area contributed by atoms with E-state index >= 15 is 0 Å². The number of hydrogen-bond acceptors (Lipinski definition) is 4. The summed E-state index contributed by atoms with van der Waals surface area (Å²) < 4.78 is 5.47. The Bertz CT molecular complexity index is 1000. The monoisotopic (exact) mass is 448 g/mol. The minimum absolute atomic E-state index is 0.226. The van der Waals surface area contributed by atoms with Crippen molar-refractivity contribution in [3.63, 3.8) is 0 Å². The number of ether oxygens (including phenoxy) is 1. The predicted molar refractivity (Wildman–Crippen MR) is 132 cm³/mol. The van der Waals surface area contributed by atoms with Crippen molar-refractivity contribution in [1.29, 1.82) is 0 Å². The van der Waals surface area contributed by atoms with Crippen LogP contribution in [0.4, 0.5) is 5.69 Å². The maximum atomic E-state index is 12.8. The second kappa shape index (κ2) is 11.0. The number of aryl methyl sites for hydroxylation is 1. The fraction of sp³-hybridized carbons (Fsp3) is 0.500. The van der Waals surface area contributed by atoms with Gasteiger partial charge in [0.1, 0.15) is 5.75 Å². The zero-order valence-corrected chi connectivity index (χ0v) is 20.1.